The van der Waals surface area contributed by atoms with Gasteiger partial charge in [0.05, 0.1) is 0 Å². The van der Waals surface area contributed by atoms with Gasteiger partial charge in [-0.3, -0.25) is 14.5 Å². The molecule has 0 aliphatic carbocycles. The standard InChI is InChI=1S/C13H17BrN4O3/c1-17-7-8(14)6-10(17)11(19)15-5-3-4-9-12(20)18(2)13(21)16-9/h6-7,9H,3-5H2,1-2H3,(H,15,19)(H,16,21). The van der Waals surface area contributed by atoms with Crippen LogP contribution in [0, 0.1) is 0 Å². The summed E-state index contributed by atoms with van der Waals surface area (Å²) in [5.74, 6) is -0.389. The number of aromatic nitrogens is 1. The van der Waals surface area contributed by atoms with Crippen LogP contribution in [-0.2, 0) is 11.8 Å². The minimum atomic E-state index is -0.483. The van der Waals surface area contributed by atoms with Gasteiger partial charge in [0.1, 0.15) is 11.7 Å². The van der Waals surface area contributed by atoms with E-state index in [1.165, 1.54) is 7.05 Å². The summed E-state index contributed by atoms with van der Waals surface area (Å²) in [4.78, 5) is 36.0. The van der Waals surface area contributed by atoms with Crippen LogP contribution in [-0.4, -0.2) is 46.9 Å². The van der Waals surface area contributed by atoms with Gasteiger partial charge in [0.25, 0.3) is 11.8 Å². The van der Waals surface area contributed by atoms with Gasteiger partial charge < -0.3 is 15.2 Å². The molecule has 1 saturated heterocycles. The largest absolute Gasteiger partial charge is 0.351 e. The predicted octanol–water partition coefficient (Wildman–Crippen LogP) is 0.848. The molecule has 2 N–H and O–H groups in total. The van der Waals surface area contributed by atoms with Gasteiger partial charge in [0.2, 0.25) is 0 Å². The Morgan fingerprint density at radius 2 is 2.14 bits per heavy atom. The molecule has 0 saturated carbocycles. The molecule has 4 amide bonds. The maximum absolute atomic E-state index is 11.9. The summed E-state index contributed by atoms with van der Waals surface area (Å²) in [6, 6.07) is 0.886. The second-order valence-corrected chi connectivity index (χ2v) is 5.87. The fraction of sp³-hybridized carbons (Fsp3) is 0.462. The molecule has 0 bridgehead atoms. The van der Waals surface area contributed by atoms with E-state index < -0.39 is 6.04 Å². The second kappa shape index (κ2) is 6.30. The fourth-order valence-electron chi connectivity index (χ4n) is 2.19. The molecule has 1 aliphatic rings. The lowest BCUT2D eigenvalue weighted by molar-refractivity contribution is -0.126. The van der Waals surface area contributed by atoms with E-state index >= 15 is 0 Å². The van der Waals surface area contributed by atoms with Crippen LogP contribution in [0.4, 0.5) is 4.79 Å². The number of hydrogen-bond acceptors (Lipinski definition) is 3. The SMILES string of the molecule is CN1C(=O)NC(CCCNC(=O)c2cc(Br)cn2C)C1=O. The van der Waals surface area contributed by atoms with E-state index in [2.05, 4.69) is 26.6 Å². The molecule has 7 nitrogen and oxygen atoms in total. The van der Waals surface area contributed by atoms with E-state index in [9.17, 15) is 14.4 Å². The van der Waals surface area contributed by atoms with Crippen molar-refractivity contribution in [1.82, 2.24) is 20.1 Å². The summed E-state index contributed by atoms with van der Waals surface area (Å²) in [5, 5.41) is 5.40. The molecular weight excluding hydrogens is 340 g/mol. The number of nitrogens with one attached hydrogen (secondary N) is 2. The summed E-state index contributed by atoms with van der Waals surface area (Å²) in [5.41, 5.74) is 0.562. The number of imide groups is 1. The number of nitrogens with zero attached hydrogens (tertiary/aromatic N) is 2. The van der Waals surface area contributed by atoms with Crippen molar-refractivity contribution < 1.29 is 14.4 Å². The summed E-state index contributed by atoms with van der Waals surface area (Å²) < 4.78 is 2.58. The second-order valence-electron chi connectivity index (χ2n) is 4.95. The van der Waals surface area contributed by atoms with Crippen LogP contribution >= 0.6 is 15.9 Å². The summed E-state index contributed by atoms with van der Waals surface area (Å²) in [7, 11) is 3.24. The molecule has 1 fully saturated rings. The number of halogens is 1. The van der Waals surface area contributed by atoms with Crippen molar-refractivity contribution in [2.45, 2.75) is 18.9 Å². The van der Waals surface area contributed by atoms with Gasteiger partial charge in [-0.2, -0.15) is 0 Å². The minimum absolute atomic E-state index is 0.165. The molecule has 1 atom stereocenters. The number of rotatable bonds is 5. The highest BCUT2D eigenvalue weighted by molar-refractivity contribution is 9.10. The van der Waals surface area contributed by atoms with Crippen LogP contribution in [0.25, 0.3) is 0 Å². The number of carbonyl (C=O) groups is 3. The maximum atomic E-state index is 11.9. The molecule has 0 radical (unpaired) electrons. The Bertz CT molecular complexity index is 584. The highest BCUT2D eigenvalue weighted by atomic mass is 79.9. The number of likely N-dealkylation sites (N-methyl/N-ethyl adjacent to an activating group) is 1. The molecule has 2 heterocycles. The van der Waals surface area contributed by atoms with E-state index in [1.807, 2.05) is 0 Å². The normalized spacial score (nSPS) is 18.0. The lowest BCUT2D eigenvalue weighted by atomic mass is 10.1. The third-order valence-corrected chi connectivity index (χ3v) is 3.82. The van der Waals surface area contributed by atoms with Crippen molar-refractivity contribution in [3.05, 3.63) is 22.4 Å². The zero-order valence-electron chi connectivity index (χ0n) is 11.9. The molecule has 114 valence electrons. The molecule has 1 aliphatic heterocycles. The Morgan fingerprint density at radius 3 is 2.67 bits per heavy atom. The molecule has 0 aromatic carbocycles. The van der Waals surface area contributed by atoms with Gasteiger partial charge in [0.15, 0.2) is 0 Å². The first-order valence-electron chi connectivity index (χ1n) is 6.58. The number of amides is 4. The Labute approximate surface area is 130 Å². The van der Waals surface area contributed by atoms with Crippen molar-refractivity contribution in [3.63, 3.8) is 0 Å². The molecule has 1 aromatic heterocycles. The van der Waals surface area contributed by atoms with E-state index in [0.29, 0.717) is 25.1 Å². The Kier molecular flexibility index (Phi) is 4.66. The smallest absolute Gasteiger partial charge is 0.324 e. The van der Waals surface area contributed by atoms with Crippen LogP contribution in [0.2, 0.25) is 0 Å². The summed E-state index contributed by atoms with van der Waals surface area (Å²) in [6.07, 6.45) is 2.92. The summed E-state index contributed by atoms with van der Waals surface area (Å²) >= 11 is 3.31. The Morgan fingerprint density at radius 1 is 1.43 bits per heavy atom. The molecular formula is C13H17BrN4O3. The van der Waals surface area contributed by atoms with Gasteiger partial charge in [-0.1, -0.05) is 0 Å². The monoisotopic (exact) mass is 356 g/mol. The molecule has 1 unspecified atom stereocenters. The lowest BCUT2D eigenvalue weighted by Gasteiger charge is -2.09. The van der Waals surface area contributed by atoms with Gasteiger partial charge in [-0.05, 0) is 34.8 Å². The third kappa shape index (κ3) is 3.44. The average molecular weight is 357 g/mol. The topological polar surface area (TPSA) is 83.4 Å². The van der Waals surface area contributed by atoms with Crippen molar-refractivity contribution in [1.29, 1.82) is 0 Å². The quantitative estimate of drug-likeness (QED) is 0.605. The fourth-order valence-corrected chi connectivity index (χ4v) is 2.71. The highest BCUT2D eigenvalue weighted by Crippen LogP contribution is 2.13. The highest BCUT2D eigenvalue weighted by Gasteiger charge is 2.34. The van der Waals surface area contributed by atoms with Gasteiger partial charge in [0, 0.05) is 31.3 Å². The van der Waals surface area contributed by atoms with Crippen molar-refractivity contribution in [2.24, 2.45) is 7.05 Å². The van der Waals surface area contributed by atoms with Crippen LogP contribution in [0.1, 0.15) is 23.3 Å². The number of carbonyl (C=O) groups excluding carboxylic acids is 3. The van der Waals surface area contributed by atoms with Crippen molar-refractivity contribution >= 4 is 33.8 Å². The third-order valence-electron chi connectivity index (χ3n) is 3.39. The van der Waals surface area contributed by atoms with Gasteiger partial charge in [-0.25, -0.2) is 4.79 Å². The maximum Gasteiger partial charge on any atom is 0.324 e. The van der Waals surface area contributed by atoms with Crippen LogP contribution < -0.4 is 10.6 Å². The van der Waals surface area contributed by atoms with E-state index in [-0.39, 0.29) is 17.8 Å². The van der Waals surface area contributed by atoms with E-state index in [4.69, 9.17) is 0 Å². The Balaban J connectivity index is 1.75. The van der Waals surface area contributed by atoms with Crippen LogP contribution in [0.15, 0.2) is 16.7 Å². The zero-order valence-corrected chi connectivity index (χ0v) is 13.4. The lowest BCUT2D eigenvalue weighted by Crippen LogP contribution is -2.31. The Hall–Kier alpha value is -1.83. The first kappa shape index (κ1) is 15.6. The van der Waals surface area contributed by atoms with Crippen LogP contribution in [0.3, 0.4) is 0 Å². The molecule has 2 rings (SSSR count). The van der Waals surface area contributed by atoms with E-state index in [0.717, 1.165) is 9.37 Å². The predicted molar refractivity (Wildman–Crippen MR) is 79.8 cm³/mol. The summed E-state index contributed by atoms with van der Waals surface area (Å²) in [6.45, 7) is 0.449. The number of hydrogen-bond donors (Lipinski definition) is 2. The van der Waals surface area contributed by atoms with Crippen molar-refractivity contribution in [2.75, 3.05) is 13.6 Å². The molecule has 0 spiro atoms. The number of aryl methyl sites for hydroxylation is 1. The molecule has 8 heteroatoms. The molecule has 1 aromatic rings. The first-order valence-corrected chi connectivity index (χ1v) is 7.37. The van der Waals surface area contributed by atoms with Gasteiger partial charge >= 0.3 is 6.03 Å². The molecule has 21 heavy (non-hydrogen) atoms. The van der Waals surface area contributed by atoms with Gasteiger partial charge in [-0.15, -0.1) is 0 Å². The number of urea groups is 1. The van der Waals surface area contributed by atoms with Crippen LogP contribution in [0.5, 0.6) is 0 Å². The zero-order chi connectivity index (χ0) is 15.6. The average Bonchev–Trinajstić information content (AvgIpc) is 2.89. The first-order chi connectivity index (χ1) is 9.90. The minimum Gasteiger partial charge on any atom is -0.351 e. The van der Waals surface area contributed by atoms with E-state index in [1.54, 1.807) is 23.9 Å². The van der Waals surface area contributed by atoms with Crippen molar-refractivity contribution in [3.8, 4) is 0 Å².